The molecule has 132 valence electrons. The molecule has 1 aromatic rings. The average molecular weight is 336 g/mol. The van der Waals surface area contributed by atoms with Crippen LogP contribution in [0.4, 0.5) is 0 Å². The molecule has 8 heteroatoms. The Hall–Kier alpha value is -1.93. The summed E-state index contributed by atoms with van der Waals surface area (Å²) < 4.78 is 12.9. The predicted molar refractivity (Wildman–Crippen MR) is 85.6 cm³/mol. The third-order valence-electron chi connectivity index (χ3n) is 4.58. The van der Waals surface area contributed by atoms with Gasteiger partial charge in [0.15, 0.2) is 5.60 Å². The normalized spacial score (nSPS) is 24.9. The van der Waals surface area contributed by atoms with Crippen molar-refractivity contribution >= 4 is 11.8 Å². The first kappa shape index (κ1) is 16.9. The zero-order valence-electron chi connectivity index (χ0n) is 14.2. The van der Waals surface area contributed by atoms with E-state index in [9.17, 15) is 9.59 Å². The van der Waals surface area contributed by atoms with E-state index in [0.717, 1.165) is 0 Å². The lowest BCUT2D eigenvalue weighted by Crippen LogP contribution is -2.61. The number of imidazole rings is 1. The van der Waals surface area contributed by atoms with E-state index < -0.39 is 5.60 Å². The number of aromatic nitrogens is 2. The Balaban J connectivity index is 1.73. The van der Waals surface area contributed by atoms with Crippen LogP contribution >= 0.6 is 0 Å². The van der Waals surface area contributed by atoms with Crippen molar-refractivity contribution in [3.8, 4) is 0 Å². The van der Waals surface area contributed by atoms with Crippen molar-refractivity contribution in [1.29, 1.82) is 0 Å². The highest BCUT2D eigenvalue weighted by Gasteiger charge is 2.43. The van der Waals surface area contributed by atoms with Gasteiger partial charge in [-0.05, 0) is 13.8 Å². The van der Waals surface area contributed by atoms with E-state index in [-0.39, 0.29) is 18.4 Å². The molecule has 3 heterocycles. The Morgan fingerprint density at radius 1 is 1.21 bits per heavy atom. The smallest absolute Gasteiger partial charge is 0.272 e. The van der Waals surface area contributed by atoms with Crippen LogP contribution in [-0.4, -0.2) is 82.8 Å². The Bertz CT molecular complexity index is 611. The molecule has 2 amide bonds. The molecule has 0 spiro atoms. The van der Waals surface area contributed by atoms with Gasteiger partial charge >= 0.3 is 0 Å². The summed E-state index contributed by atoms with van der Waals surface area (Å²) in [6.07, 6.45) is 3.22. The van der Waals surface area contributed by atoms with Gasteiger partial charge in [0.2, 0.25) is 0 Å². The van der Waals surface area contributed by atoms with E-state index in [1.54, 1.807) is 33.8 Å². The molecule has 1 aromatic heterocycles. The van der Waals surface area contributed by atoms with E-state index in [0.29, 0.717) is 51.7 Å². The van der Waals surface area contributed by atoms with Crippen LogP contribution in [0.25, 0.3) is 0 Å². The Labute approximate surface area is 141 Å². The zero-order chi connectivity index (χ0) is 17.2. The van der Waals surface area contributed by atoms with Gasteiger partial charge in [0.05, 0.1) is 38.9 Å². The molecule has 0 aromatic carbocycles. The number of carbonyl (C=O) groups is 2. The minimum atomic E-state index is -1.01. The molecule has 0 saturated carbocycles. The number of ether oxygens (including phenoxy) is 2. The molecule has 0 aliphatic carbocycles. The quantitative estimate of drug-likeness (QED) is 0.776. The molecule has 0 bridgehead atoms. The van der Waals surface area contributed by atoms with Gasteiger partial charge in [-0.15, -0.1) is 0 Å². The second-order valence-electron chi connectivity index (χ2n) is 6.28. The molecular formula is C16H24N4O4. The third-order valence-corrected chi connectivity index (χ3v) is 4.58. The van der Waals surface area contributed by atoms with Crippen molar-refractivity contribution in [2.45, 2.75) is 26.0 Å². The number of aryl methyl sites for hydroxylation is 1. The summed E-state index contributed by atoms with van der Waals surface area (Å²) in [5.41, 5.74) is -0.469. The Morgan fingerprint density at radius 3 is 2.62 bits per heavy atom. The summed E-state index contributed by atoms with van der Waals surface area (Å²) in [7, 11) is 0. The number of carbonyl (C=O) groups excluding carboxylic acids is 2. The summed E-state index contributed by atoms with van der Waals surface area (Å²) in [6, 6.07) is 0. The number of amides is 2. The predicted octanol–water partition coefficient (Wildman–Crippen LogP) is -0.00710. The van der Waals surface area contributed by atoms with Crippen molar-refractivity contribution in [3.63, 3.8) is 0 Å². The van der Waals surface area contributed by atoms with Gasteiger partial charge in [-0.25, -0.2) is 4.98 Å². The van der Waals surface area contributed by atoms with Gasteiger partial charge in [0.1, 0.15) is 5.69 Å². The largest absolute Gasteiger partial charge is 0.378 e. The van der Waals surface area contributed by atoms with Gasteiger partial charge in [-0.2, -0.15) is 0 Å². The van der Waals surface area contributed by atoms with Crippen molar-refractivity contribution in [1.82, 2.24) is 19.4 Å². The van der Waals surface area contributed by atoms with Crippen molar-refractivity contribution in [2.24, 2.45) is 0 Å². The standard InChI is InChI=1S/C16H24N4O4/c1-3-18-12-17-10-13(18)14(21)20-6-9-24-16(2,11-20)15(22)19-4-7-23-8-5-19/h10,12H,3-9,11H2,1-2H3/t16-/m1/s1. The SMILES string of the molecule is CCn1cncc1C(=O)N1CCO[C@@](C)(C(=O)N2CCOCC2)C1. The first-order valence-corrected chi connectivity index (χ1v) is 8.35. The minimum Gasteiger partial charge on any atom is -0.378 e. The number of hydrogen-bond acceptors (Lipinski definition) is 5. The van der Waals surface area contributed by atoms with Gasteiger partial charge in [-0.1, -0.05) is 0 Å². The van der Waals surface area contributed by atoms with Crippen LogP contribution in [0, 0.1) is 0 Å². The van der Waals surface area contributed by atoms with Crippen LogP contribution in [-0.2, 0) is 20.8 Å². The Kier molecular flexibility index (Phi) is 4.86. The van der Waals surface area contributed by atoms with Gasteiger partial charge in [0, 0.05) is 26.2 Å². The summed E-state index contributed by atoms with van der Waals surface area (Å²) in [5.74, 6) is -0.189. The van der Waals surface area contributed by atoms with E-state index in [2.05, 4.69) is 4.98 Å². The van der Waals surface area contributed by atoms with E-state index in [4.69, 9.17) is 9.47 Å². The fourth-order valence-electron chi connectivity index (χ4n) is 3.19. The number of morpholine rings is 2. The maximum atomic E-state index is 12.8. The average Bonchev–Trinajstić information content (AvgIpc) is 3.10. The number of rotatable bonds is 3. The molecule has 0 unspecified atom stereocenters. The molecule has 1 atom stereocenters. The van der Waals surface area contributed by atoms with E-state index >= 15 is 0 Å². The second kappa shape index (κ2) is 6.90. The highest BCUT2D eigenvalue weighted by molar-refractivity contribution is 5.93. The number of hydrogen-bond donors (Lipinski definition) is 0. The fourth-order valence-corrected chi connectivity index (χ4v) is 3.19. The van der Waals surface area contributed by atoms with Crippen LogP contribution in [0.5, 0.6) is 0 Å². The molecule has 8 nitrogen and oxygen atoms in total. The third kappa shape index (κ3) is 3.16. The maximum Gasteiger partial charge on any atom is 0.272 e. The summed E-state index contributed by atoms with van der Waals surface area (Å²) >= 11 is 0. The molecular weight excluding hydrogens is 312 g/mol. The lowest BCUT2D eigenvalue weighted by atomic mass is 10.0. The van der Waals surface area contributed by atoms with Crippen LogP contribution in [0.3, 0.4) is 0 Å². The molecule has 0 N–H and O–H groups in total. The van der Waals surface area contributed by atoms with Gasteiger partial charge in [-0.3, -0.25) is 9.59 Å². The molecule has 2 saturated heterocycles. The van der Waals surface area contributed by atoms with Crippen LogP contribution in [0.15, 0.2) is 12.5 Å². The minimum absolute atomic E-state index is 0.0766. The summed E-state index contributed by atoms with van der Waals surface area (Å²) in [6.45, 7) is 7.68. The van der Waals surface area contributed by atoms with E-state index in [1.165, 1.54) is 0 Å². The highest BCUT2D eigenvalue weighted by Crippen LogP contribution is 2.22. The second-order valence-corrected chi connectivity index (χ2v) is 6.28. The molecule has 3 rings (SSSR count). The van der Waals surface area contributed by atoms with Crippen molar-refractivity contribution < 1.29 is 19.1 Å². The van der Waals surface area contributed by atoms with Gasteiger partial charge in [0.25, 0.3) is 11.8 Å². The van der Waals surface area contributed by atoms with Crippen LogP contribution in [0.2, 0.25) is 0 Å². The van der Waals surface area contributed by atoms with Crippen LogP contribution < -0.4 is 0 Å². The monoisotopic (exact) mass is 336 g/mol. The lowest BCUT2D eigenvalue weighted by Gasteiger charge is -2.42. The van der Waals surface area contributed by atoms with Crippen molar-refractivity contribution in [3.05, 3.63) is 18.2 Å². The zero-order valence-corrected chi connectivity index (χ0v) is 14.2. The highest BCUT2D eigenvalue weighted by atomic mass is 16.5. The molecule has 2 aliphatic rings. The molecule has 2 aliphatic heterocycles. The van der Waals surface area contributed by atoms with Crippen LogP contribution in [0.1, 0.15) is 24.3 Å². The first-order chi connectivity index (χ1) is 11.5. The first-order valence-electron chi connectivity index (χ1n) is 8.35. The van der Waals surface area contributed by atoms with Crippen molar-refractivity contribution in [2.75, 3.05) is 46.0 Å². The molecule has 24 heavy (non-hydrogen) atoms. The fraction of sp³-hybridized carbons (Fsp3) is 0.688. The summed E-state index contributed by atoms with van der Waals surface area (Å²) in [4.78, 5) is 33.1. The topological polar surface area (TPSA) is 76.9 Å². The molecule has 0 radical (unpaired) electrons. The van der Waals surface area contributed by atoms with Gasteiger partial charge < -0.3 is 23.8 Å². The lowest BCUT2D eigenvalue weighted by molar-refractivity contribution is -0.168. The Morgan fingerprint density at radius 2 is 1.92 bits per heavy atom. The molecule has 2 fully saturated rings. The summed E-state index contributed by atoms with van der Waals surface area (Å²) in [5, 5.41) is 0. The van der Waals surface area contributed by atoms with E-state index in [1.807, 2.05) is 6.92 Å². The maximum absolute atomic E-state index is 12.8. The number of nitrogens with zero attached hydrogens (tertiary/aromatic N) is 4.